The van der Waals surface area contributed by atoms with Crippen molar-refractivity contribution in [1.82, 2.24) is 20.4 Å². The molecule has 0 aromatic carbocycles. The highest BCUT2D eigenvalue weighted by molar-refractivity contribution is 5.73. The Balaban J connectivity index is 2.40. The van der Waals surface area contributed by atoms with E-state index in [0.717, 1.165) is 5.69 Å². The van der Waals surface area contributed by atoms with Crippen molar-refractivity contribution in [3.8, 4) is 0 Å². The van der Waals surface area contributed by atoms with Crippen LogP contribution in [-0.4, -0.2) is 35.2 Å². The fraction of sp³-hybridized carbons (Fsp3) is 0.375. The maximum atomic E-state index is 11.1. The minimum absolute atomic E-state index is 0.134. The molecular formula is C8H12N4O. The van der Waals surface area contributed by atoms with Gasteiger partial charge in [-0.15, -0.1) is 0 Å². The summed E-state index contributed by atoms with van der Waals surface area (Å²) in [6.45, 7) is 0.408. The van der Waals surface area contributed by atoms with Crippen LogP contribution in [0.1, 0.15) is 5.69 Å². The highest BCUT2D eigenvalue weighted by Gasteiger charge is 2.02. The summed E-state index contributed by atoms with van der Waals surface area (Å²) in [6, 6.07) is 3.46. The normalized spacial score (nSPS) is 9.38. The van der Waals surface area contributed by atoms with Gasteiger partial charge < -0.3 is 10.2 Å². The quantitative estimate of drug-likeness (QED) is 0.709. The number of urea groups is 1. The van der Waals surface area contributed by atoms with Gasteiger partial charge in [0.25, 0.3) is 0 Å². The van der Waals surface area contributed by atoms with Crippen LogP contribution >= 0.6 is 0 Å². The number of nitrogens with zero attached hydrogens (tertiary/aromatic N) is 3. The molecule has 1 heterocycles. The van der Waals surface area contributed by atoms with Crippen molar-refractivity contribution in [2.45, 2.75) is 6.54 Å². The van der Waals surface area contributed by atoms with Crippen molar-refractivity contribution in [2.24, 2.45) is 0 Å². The number of nitrogens with one attached hydrogen (secondary N) is 1. The number of carbonyl (C=O) groups is 1. The van der Waals surface area contributed by atoms with Crippen LogP contribution in [0.25, 0.3) is 0 Å². The molecule has 5 heteroatoms. The molecule has 0 bridgehead atoms. The fourth-order valence-electron chi connectivity index (χ4n) is 0.752. The zero-order valence-corrected chi connectivity index (χ0v) is 7.69. The first-order valence-electron chi connectivity index (χ1n) is 3.92. The number of hydrogen-bond acceptors (Lipinski definition) is 3. The topological polar surface area (TPSA) is 58.1 Å². The Hall–Kier alpha value is -1.65. The van der Waals surface area contributed by atoms with E-state index >= 15 is 0 Å². The van der Waals surface area contributed by atoms with Crippen molar-refractivity contribution in [3.05, 3.63) is 24.0 Å². The number of aromatic nitrogens is 2. The van der Waals surface area contributed by atoms with Crippen molar-refractivity contribution in [3.63, 3.8) is 0 Å². The molecule has 0 saturated carbocycles. The summed E-state index contributed by atoms with van der Waals surface area (Å²) in [5, 5.41) is 10.2. The molecule has 0 atom stereocenters. The summed E-state index contributed by atoms with van der Waals surface area (Å²) in [5.74, 6) is 0. The SMILES string of the molecule is CN(C)C(=O)NCc1cccnn1. The Bertz CT molecular complexity index is 273. The highest BCUT2D eigenvalue weighted by Crippen LogP contribution is 1.90. The lowest BCUT2D eigenvalue weighted by Crippen LogP contribution is -2.34. The molecule has 1 aromatic rings. The van der Waals surface area contributed by atoms with Crippen molar-refractivity contribution in [2.75, 3.05) is 14.1 Å². The van der Waals surface area contributed by atoms with Crippen LogP contribution in [0.5, 0.6) is 0 Å². The predicted molar refractivity (Wildman–Crippen MR) is 48.0 cm³/mol. The molecule has 0 radical (unpaired) electrons. The lowest BCUT2D eigenvalue weighted by molar-refractivity contribution is 0.217. The number of hydrogen-bond donors (Lipinski definition) is 1. The number of rotatable bonds is 2. The first-order chi connectivity index (χ1) is 6.20. The smallest absolute Gasteiger partial charge is 0.317 e. The van der Waals surface area contributed by atoms with Gasteiger partial charge in [-0.2, -0.15) is 10.2 Å². The lowest BCUT2D eigenvalue weighted by Gasteiger charge is -2.10. The standard InChI is InChI=1S/C8H12N4O/c1-12(2)8(13)9-6-7-4-3-5-10-11-7/h3-5H,6H2,1-2H3,(H,9,13). The first-order valence-corrected chi connectivity index (χ1v) is 3.92. The van der Waals surface area contributed by atoms with Crippen LogP contribution in [0.3, 0.4) is 0 Å². The summed E-state index contributed by atoms with van der Waals surface area (Å²) in [5.41, 5.74) is 0.748. The Morgan fingerprint density at radius 1 is 1.62 bits per heavy atom. The minimum Gasteiger partial charge on any atom is -0.332 e. The summed E-state index contributed by atoms with van der Waals surface area (Å²) >= 11 is 0. The second kappa shape index (κ2) is 4.39. The van der Waals surface area contributed by atoms with Gasteiger partial charge in [-0.05, 0) is 12.1 Å². The first kappa shape index (κ1) is 9.44. The van der Waals surface area contributed by atoms with Gasteiger partial charge in [0.05, 0.1) is 12.2 Å². The van der Waals surface area contributed by atoms with E-state index in [1.54, 1.807) is 26.4 Å². The molecule has 1 N–H and O–H groups in total. The third kappa shape index (κ3) is 3.06. The Kier molecular flexibility index (Phi) is 3.19. The Morgan fingerprint density at radius 3 is 2.92 bits per heavy atom. The fourth-order valence-corrected chi connectivity index (χ4v) is 0.752. The van der Waals surface area contributed by atoms with Gasteiger partial charge in [-0.25, -0.2) is 4.79 Å². The predicted octanol–water partition coefficient (Wildman–Crippen LogP) is 0.248. The lowest BCUT2D eigenvalue weighted by atomic mass is 10.4. The van der Waals surface area contributed by atoms with Gasteiger partial charge in [0.15, 0.2) is 0 Å². The average molecular weight is 180 g/mol. The molecule has 13 heavy (non-hydrogen) atoms. The maximum Gasteiger partial charge on any atom is 0.317 e. The molecule has 5 nitrogen and oxygen atoms in total. The van der Waals surface area contributed by atoms with Crippen molar-refractivity contribution in [1.29, 1.82) is 0 Å². The molecule has 0 fully saturated rings. The van der Waals surface area contributed by atoms with Crippen LogP contribution in [0, 0.1) is 0 Å². The van der Waals surface area contributed by atoms with E-state index in [4.69, 9.17) is 0 Å². The molecule has 1 rings (SSSR count). The van der Waals surface area contributed by atoms with Crippen molar-refractivity contribution >= 4 is 6.03 Å². The average Bonchev–Trinajstić information content (AvgIpc) is 2.15. The number of carbonyl (C=O) groups excluding carboxylic acids is 1. The van der Waals surface area contributed by atoms with Gasteiger partial charge in [0.1, 0.15) is 0 Å². The van der Waals surface area contributed by atoms with Crippen molar-refractivity contribution < 1.29 is 4.79 Å². The van der Waals surface area contributed by atoms with E-state index in [9.17, 15) is 4.79 Å². The van der Waals surface area contributed by atoms with Crippen LogP contribution in [0.15, 0.2) is 18.3 Å². The molecule has 0 aliphatic rings. The van der Waals surface area contributed by atoms with E-state index < -0.39 is 0 Å². The molecule has 2 amide bonds. The van der Waals surface area contributed by atoms with Gasteiger partial charge in [0, 0.05) is 20.3 Å². The molecule has 0 aliphatic carbocycles. The largest absolute Gasteiger partial charge is 0.332 e. The van der Waals surface area contributed by atoms with Crippen LogP contribution < -0.4 is 5.32 Å². The molecule has 0 spiro atoms. The van der Waals surface area contributed by atoms with Gasteiger partial charge in [-0.3, -0.25) is 0 Å². The number of amides is 2. The monoisotopic (exact) mass is 180 g/mol. The third-order valence-corrected chi connectivity index (χ3v) is 1.45. The molecule has 70 valence electrons. The summed E-state index contributed by atoms with van der Waals surface area (Å²) in [6.07, 6.45) is 1.59. The Labute approximate surface area is 76.8 Å². The van der Waals surface area contributed by atoms with Gasteiger partial charge >= 0.3 is 6.03 Å². The maximum absolute atomic E-state index is 11.1. The zero-order chi connectivity index (χ0) is 9.68. The Morgan fingerprint density at radius 2 is 2.38 bits per heavy atom. The van der Waals surface area contributed by atoms with Crippen LogP contribution in [0.2, 0.25) is 0 Å². The third-order valence-electron chi connectivity index (χ3n) is 1.45. The van der Waals surface area contributed by atoms with E-state index in [1.165, 1.54) is 4.90 Å². The second-order valence-electron chi connectivity index (χ2n) is 2.77. The van der Waals surface area contributed by atoms with Crippen LogP contribution in [-0.2, 0) is 6.54 Å². The molecule has 0 aliphatic heterocycles. The summed E-state index contributed by atoms with van der Waals surface area (Å²) < 4.78 is 0. The molecule has 0 unspecified atom stereocenters. The zero-order valence-electron chi connectivity index (χ0n) is 7.69. The molecule has 1 aromatic heterocycles. The molecular weight excluding hydrogens is 168 g/mol. The minimum atomic E-state index is -0.134. The van der Waals surface area contributed by atoms with E-state index in [2.05, 4.69) is 15.5 Å². The van der Waals surface area contributed by atoms with E-state index in [0.29, 0.717) is 6.54 Å². The molecule has 0 saturated heterocycles. The van der Waals surface area contributed by atoms with Crippen LogP contribution in [0.4, 0.5) is 4.79 Å². The van der Waals surface area contributed by atoms with Gasteiger partial charge in [0.2, 0.25) is 0 Å². The van der Waals surface area contributed by atoms with E-state index in [-0.39, 0.29) is 6.03 Å². The van der Waals surface area contributed by atoms with E-state index in [1.807, 2.05) is 6.07 Å². The summed E-state index contributed by atoms with van der Waals surface area (Å²) in [7, 11) is 3.37. The van der Waals surface area contributed by atoms with Gasteiger partial charge in [-0.1, -0.05) is 0 Å². The summed E-state index contributed by atoms with van der Waals surface area (Å²) in [4.78, 5) is 12.6. The highest BCUT2D eigenvalue weighted by atomic mass is 16.2. The second-order valence-corrected chi connectivity index (χ2v) is 2.77.